The molecule has 0 saturated heterocycles. The zero-order chi connectivity index (χ0) is 10.6. The third-order valence-electron chi connectivity index (χ3n) is 1.46. The molecule has 0 aliphatic carbocycles. The van der Waals surface area contributed by atoms with E-state index >= 15 is 0 Å². The molecule has 1 heterocycles. The minimum Gasteiger partial charge on any atom is -0.506 e. The van der Waals surface area contributed by atoms with Gasteiger partial charge in [0.15, 0.2) is 0 Å². The highest BCUT2D eigenvalue weighted by molar-refractivity contribution is 6.29. The van der Waals surface area contributed by atoms with Crippen LogP contribution in [-0.4, -0.2) is 16.0 Å². The lowest BCUT2D eigenvalue weighted by molar-refractivity contribution is -0.117. The lowest BCUT2D eigenvalue weighted by atomic mass is 10.2. The van der Waals surface area contributed by atoms with Gasteiger partial charge in [-0.05, 0) is 18.2 Å². The molecule has 0 fully saturated rings. The molecule has 0 saturated carbocycles. The van der Waals surface area contributed by atoms with Crippen LogP contribution in [0.5, 0.6) is 5.75 Å². The predicted molar refractivity (Wildman–Crippen MR) is 53.8 cm³/mol. The van der Waals surface area contributed by atoms with E-state index in [2.05, 4.69) is 4.98 Å². The van der Waals surface area contributed by atoms with Crippen molar-refractivity contribution < 1.29 is 9.90 Å². The minimum atomic E-state index is -0.442. The highest BCUT2D eigenvalue weighted by Gasteiger charge is 1.99. The molecule has 74 valence electrons. The SMILES string of the molecule is NC(=O)CC=Cc1nc(Cl)ccc1O. The van der Waals surface area contributed by atoms with Gasteiger partial charge < -0.3 is 10.8 Å². The van der Waals surface area contributed by atoms with E-state index in [0.717, 1.165) is 0 Å². The number of rotatable bonds is 3. The van der Waals surface area contributed by atoms with E-state index in [0.29, 0.717) is 5.69 Å². The summed E-state index contributed by atoms with van der Waals surface area (Å²) in [5.74, 6) is -0.433. The summed E-state index contributed by atoms with van der Waals surface area (Å²) in [7, 11) is 0. The number of amides is 1. The summed E-state index contributed by atoms with van der Waals surface area (Å²) >= 11 is 5.61. The average Bonchev–Trinajstić information content (AvgIpc) is 2.10. The molecule has 0 aliphatic heterocycles. The first-order chi connectivity index (χ1) is 6.59. The molecule has 0 unspecified atom stereocenters. The van der Waals surface area contributed by atoms with Crippen LogP contribution in [0.1, 0.15) is 12.1 Å². The zero-order valence-corrected chi connectivity index (χ0v) is 8.03. The van der Waals surface area contributed by atoms with Crippen molar-refractivity contribution in [2.75, 3.05) is 0 Å². The summed E-state index contributed by atoms with van der Waals surface area (Å²) in [5.41, 5.74) is 5.24. The molecule has 4 nitrogen and oxygen atoms in total. The number of hydrogen-bond acceptors (Lipinski definition) is 3. The first-order valence-corrected chi connectivity index (χ1v) is 4.28. The largest absolute Gasteiger partial charge is 0.506 e. The van der Waals surface area contributed by atoms with Crippen LogP contribution in [0, 0.1) is 0 Å². The van der Waals surface area contributed by atoms with E-state index in [-0.39, 0.29) is 17.3 Å². The highest BCUT2D eigenvalue weighted by atomic mass is 35.5. The zero-order valence-electron chi connectivity index (χ0n) is 7.27. The Morgan fingerprint density at radius 1 is 1.64 bits per heavy atom. The predicted octanol–water partition coefficient (Wildman–Crippen LogP) is 1.33. The summed E-state index contributed by atoms with van der Waals surface area (Å²) in [6, 6.07) is 2.90. The van der Waals surface area contributed by atoms with E-state index in [1.807, 2.05) is 0 Å². The topological polar surface area (TPSA) is 76.2 Å². The Balaban J connectivity index is 2.80. The summed E-state index contributed by atoms with van der Waals surface area (Å²) < 4.78 is 0. The second-order valence-electron chi connectivity index (χ2n) is 2.61. The number of nitrogens with zero attached hydrogens (tertiary/aromatic N) is 1. The van der Waals surface area contributed by atoms with Gasteiger partial charge in [0.2, 0.25) is 5.91 Å². The number of carbonyl (C=O) groups is 1. The number of aromatic nitrogens is 1. The van der Waals surface area contributed by atoms with Gasteiger partial charge in [-0.15, -0.1) is 0 Å². The standard InChI is InChI=1S/C9H9ClN2O2/c10-8-5-4-7(13)6(12-8)2-1-3-9(11)14/h1-2,4-5,13H,3H2,(H2,11,14). The molecule has 1 rings (SSSR count). The van der Waals surface area contributed by atoms with Gasteiger partial charge in [-0.25, -0.2) is 4.98 Å². The number of aromatic hydroxyl groups is 1. The van der Waals surface area contributed by atoms with Gasteiger partial charge in [-0.2, -0.15) is 0 Å². The molecule has 3 N–H and O–H groups in total. The van der Waals surface area contributed by atoms with Crippen molar-refractivity contribution in [2.45, 2.75) is 6.42 Å². The van der Waals surface area contributed by atoms with Crippen LogP contribution in [0.2, 0.25) is 5.15 Å². The number of pyridine rings is 1. The van der Waals surface area contributed by atoms with Crippen LogP contribution in [0.25, 0.3) is 6.08 Å². The monoisotopic (exact) mass is 212 g/mol. The quantitative estimate of drug-likeness (QED) is 0.743. The lowest BCUT2D eigenvalue weighted by Gasteiger charge is -1.97. The summed E-state index contributed by atoms with van der Waals surface area (Å²) in [5, 5.41) is 9.59. The van der Waals surface area contributed by atoms with Gasteiger partial charge in [0.1, 0.15) is 16.6 Å². The van der Waals surface area contributed by atoms with Crippen LogP contribution >= 0.6 is 11.6 Å². The molecule has 0 bridgehead atoms. The summed E-state index contributed by atoms with van der Waals surface area (Å²) in [6.45, 7) is 0. The number of nitrogens with two attached hydrogens (primary N) is 1. The number of halogens is 1. The maximum absolute atomic E-state index is 10.4. The molecule has 1 amide bonds. The van der Waals surface area contributed by atoms with Crippen molar-refractivity contribution in [3.05, 3.63) is 29.1 Å². The lowest BCUT2D eigenvalue weighted by Crippen LogP contribution is -2.07. The Hall–Kier alpha value is -1.55. The van der Waals surface area contributed by atoms with Crippen molar-refractivity contribution in [3.63, 3.8) is 0 Å². The van der Waals surface area contributed by atoms with E-state index in [1.165, 1.54) is 24.3 Å². The number of hydrogen-bond donors (Lipinski definition) is 2. The fourth-order valence-corrected chi connectivity index (χ4v) is 1.01. The Bertz CT molecular complexity index is 377. The minimum absolute atomic E-state index is 0.00937. The third-order valence-corrected chi connectivity index (χ3v) is 1.67. The van der Waals surface area contributed by atoms with E-state index in [1.54, 1.807) is 0 Å². The normalized spacial score (nSPS) is 10.6. The van der Waals surface area contributed by atoms with Gasteiger partial charge in [0.05, 0.1) is 0 Å². The first kappa shape index (κ1) is 10.5. The Morgan fingerprint density at radius 2 is 2.36 bits per heavy atom. The Kier molecular flexibility index (Phi) is 3.48. The molecule has 0 aliphatic rings. The van der Waals surface area contributed by atoms with Gasteiger partial charge in [-0.1, -0.05) is 17.7 Å². The Morgan fingerprint density at radius 3 is 3.00 bits per heavy atom. The molecule has 0 aromatic carbocycles. The average molecular weight is 213 g/mol. The van der Waals surface area contributed by atoms with Crippen molar-refractivity contribution in [2.24, 2.45) is 5.73 Å². The second-order valence-corrected chi connectivity index (χ2v) is 3.00. The van der Waals surface area contributed by atoms with Crippen molar-refractivity contribution in [1.29, 1.82) is 0 Å². The van der Waals surface area contributed by atoms with E-state index in [9.17, 15) is 9.90 Å². The number of primary amides is 1. The Labute approximate surface area is 86.0 Å². The smallest absolute Gasteiger partial charge is 0.221 e. The fourth-order valence-electron chi connectivity index (χ4n) is 0.852. The molecular weight excluding hydrogens is 204 g/mol. The molecular formula is C9H9ClN2O2. The molecule has 5 heteroatoms. The highest BCUT2D eigenvalue weighted by Crippen LogP contribution is 2.18. The van der Waals surface area contributed by atoms with Crippen molar-refractivity contribution >= 4 is 23.6 Å². The molecule has 14 heavy (non-hydrogen) atoms. The van der Waals surface area contributed by atoms with Crippen LogP contribution in [0.15, 0.2) is 18.2 Å². The van der Waals surface area contributed by atoms with Crippen molar-refractivity contribution in [1.82, 2.24) is 4.98 Å². The third kappa shape index (κ3) is 3.06. The first-order valence-electron chi connectivity index (χ1n) is 3.90. The van der Waals surface area contributed by atoms with Gasteiger partial charge >= 0.3 is 0 Å². The van der Waals surface area contributed by atoms with Crippen LogP contribution < -0.4 is 5.73 Å². The van der Waals surface area contributed by atoms with Crippen LogP contribution in [0.4, 0.5) is 0 Å². The van der Waals surface area contributed by atoms with E-state index < -0.39 is 5.91 Å². The molecule has 0 atom stereocenters. The van der Waals surface area contributed by atoms with Gasteiger partial charge in [0, 0.05) is 6.42 Å². The summed E-state index contributed by atoms with van der Waals surface area (Å²) in [4.78, 5) is 14.2. The van der Waals surface area contributed by atoms with Crippen LogP contribution in [-0.2, 0) is 4.79 Å². The summed E-state index contributed by atoms with van der Waals surface area (Å²) in [6.07, 6.45) is 3.11. The maximum atomic E-state index is 10.4. The number of carbonyl (C=O) groups excluding carboxylic acids is 1. The van der Waals surface area contributed by atoms with Crippen LogP contribution in [0.3, 0.4) is 0 Å². The van der Waals surface area contributed by atoms with Crippen molar-refractivity contribution in [3.8, 4) is 5.75 Å². The maximum Gasteiger partial charge on any atom is 0.221 e. The molecule has 1 aromatic rings. The van der Waals surface area contributed by atoms with E-state index in [4.69, 9.17) is 17.3 Å². The molecule has 1 aromatic heterocycles. The molecule has 0 spiro atoms. The second kappa shape index (κ2) is 4.62. The van der Waals surface area contributed by atoms with Gasteiger partial charge in [0.25, 0.3) is 0 Å². The fraction of sp³-hybridized carbons (Fsp3) is 0.111. The molecule has 0 radical (unpaired) electrons. The van der Waals surface area contributed by atoms with Gasteiger partial charge in [-0.3, -0.25) is 4.79 Å².